The van der Waals surface area contributed by atoms with Crippen molar-refractivity contribution in [2.45, 2.75) is 19.3 Å². The largest absolute Gasteiger partial charge is 0.356 e. The van der Waals surface area contributed by atoms with Gasteiger partial charge in [-0.05, 0) is 36.8 Å². The van der Waals surface area contributed by atoms with E-state index in [9.17, 15) is 8.42 Å². The molecule has 2 heterocycles. The summed E-state index contributed by atoms with van der Waals surface area (Å²) in [5.41, 5.74) is 1.11. The van der Waals surface area contributed by atoms with Crippen LogP contribution in [0.15, 0.2) is 23.3 Å². The molecule has 7 nitrogen and oxygen atoms in total. The minimum atomic E-state index is -3.06. The Morgan fingerprint density at radius 2 is 2.08 bits per heavy atom. The molecule has 0 atom stereocenters. The van der Waals surface area contributed by atoms with Crippen LogP contribution in [-0.4, -0.2) is 63.1 Å². The minimum absolute atomic E-state index is 0.456. The van der Waals surface area contributed by atoms with Crippen molar-refractivity contribution in [2.75, 3.05) is 39.5 Å². The van der Waals surface area contributed by atoms with Gasteiger partial charge in [0.15, 0.2) is 5.96 Å². The normalized spacial score (nSPS) is 17.5. The molecule has 1 aromatic rings. The van der Waals surface area contributed by atoms with E-state index in [2.05, 4.69) is 20.6 Å². The van der Waals surface area contributed by atoms with Gasteiger partial charge in [-0.2, -0.15) is 0 Å². The number of hydrogen-bond donors (Lipinski definition) is 2. The zero-order valence-electron chi connectivity index (χ0n) is 14.7. The Balaban J connectivity index is 1.68. The van der Waals surface area contributed by atoms with Crippen LogP contribution < -0.4 is 10.6 Å². The number of hydrogen-bond acceptors (Lipinski definition) is 4. The van der Waals surface area contributed by atoms with E-state index in [1.807, 2.05) is 6.07 Å². The van der Waals surface area contributed by atoms with Crippen LogP contribution >= 0.6 is 11.6 Å². The van der Waals surface area contributed by atoms with Crippen LogP contribution in [0.4, 0.5) is 0 Å². The van der Waals surface area contributed by atoms with Crippen molar-refractivity contribution >= 4 is 27.6 Å². The van der Waals surface area contributed by atoms with Crippen LogP contribution in [0.3, 0.4) is 0 Å². The van der Waals surface area contributed by atoms with Crippen LogP contribution in [0.25, 0.3) is 0 Å². The summed E-state index contributed by atoms with van der Waals surface area (Å²) in [7, 11) is -1.32. The Bertz CT molecular complexity index is 670. The van der Waals surface area contributed by atoms with E-state index in [0.29, 0.717) is 24.2 Å². The lowest BCUT2D eigenvalue weighted by atomic mass is 9.98. The fourth-order valence-corrected chi connectivity index (χ4v) is 3.77. The van der Waals surface area contributed by atoms with E-state index in [4.69, 9.17) is 11.6 Å². The number of aliphatic imine (C=N–C) groups is 1. The Kier molecular flexibility index (Phi) is 7.46. The lowest BCUT2D eigenvalue weighted by Gasteiger charge is -2.30. The first-order valence-corrected chi connectivity index (χ1v) is 10.6. The van der Waals surface area contributed by atoms with E-state index in [0.717, 1.165) is 43.9 Å². The SMILES string of the molecule is CN=C(NCCc1ccc(Cl)nc1)NCC1CCN(S(C)(=O)=O)CC1. The molecule has 2 rings (SSSR count). The Labute approximate surface area is 154 Å². The second-order valence-corrected chi connectivity index (χ2v) is 8.59. The number of pyridine rings is 1. The smallest absolute Gasteiger partial charge is 0.211 e. The molecule has 0 saturated carbocycles. The molecule has 1 fully saturated rings. The lowest BCUT2D eigenvalue weighted by Crippen LogP contribution is -2.44. The summed E-state index contributed by atoms with van der Waals surface area (Å²) in [5.74, 6) is 1.21. The van der Waals surface area contributed by atoms with Crippen LogP contribution in [0, 0.1) is 5.92 Å². The van der Waals surface area contributed by atoms with Crippen LogP contribution in [-0.2, 0) is 16.4 Å². The molecule has 0 unspecified atom stereocenters. The van der Waals surface area contributed by atoms with E-state index < -0.39 is 10.0 Å². The summed E-state index contributed by atoms with van der Waals surface area (Å²) >= 11 is 5.78. The van der Waals surface area contributed by atoms with Crippen molar-refractivity contribution in [1.82, 2.24) is 19.9 Å². The molecule has 2 N–H and O–H groups in total. The third-order valence-corrected chi connectivity index (χ3v) is 5.85. The van der Waals surface area contributed by atoms with Gasteiger partial charge in [0.1, 0.15) is 5.15 Å². The summed E-state index contributed by atoms with van der Waals surface area (Å²) in [6.07, 6.45) is 5.61. The summed E-state index contributed by atoms with van der Waals surface area (Å²) in [6.45, 7) is 2.73. The second kappa shape index (κ2) is 9.35. The molecule has 140 valence electrons. The first-order chi connectivity index (χ1) is 11.9. The first-order valence-electron chi connectivity index (χ1n) is 8.38. The fraction of sp³-hybridized carbons (Fsp3) is 0.625. The number of nitrogens with one attached hydrogen (secondary N) is 2. The summed E-state index contributed by atoms with van der Waals surface area (Å²) in [4.78, 5) is 8.29. The number of rotatable bonds is 6. The van der Waals surface area contributed by atoms with Gasteiger partial charge >= 0.3 is 0 Å². The van der Waals surface area contributed by atoms with E-state index in [-0.39, 0.29) is 0 Å². The van der Waals surface area contributed by atoms with Gasteiger partial charge in [-0.3, -0.25) is 4.99 Å². The highest BCUT2D eigenvalue weighted by Gasteiger charge is 2.24. The zero-order chi connectivity index (χ0) is 18.3. The maximum Gasteiger partial charge on any atom is 0.211 e. The predicted octanol–water partition coefficient (Wildman–Crippen LogP) is 1.11. The molecule has 0 bridgehead atoms. The number of piperidine rings is 1. The molecule has 25 heavy (non-hydrogen) atoms. The molecular formula is C16H26ClN5O2S. The molecule has 0 spiro atoms. The molecule has 0 amide bonds. The molecule has 1 saturated heterocycles. The molecule has 0 aliphatic carbocycles. The number of sulfonamides is 1. The fourth-order valence-electron chi connectivity index (χ4n) is 2.79. The molecule has 9 heteroatoms. The molecule has 0 radical (unpaired) electrons. The molecule has 1 aromatic heterocycles. The van der Waals surface area contributed by atoms with Crippen LogP contribution in [0.1, 0.15) is 18.4 Å². The topological polar surface area (TPSA) is 86.7 Å². The quantitative estimate of drug-likeness (QED) is 0.434. The van der Waals surface area contributed by atoms with Crippen molar-refractivity contribution in [2.24, 2.45) is 10.9 Å². The lowest BCUT2D eigenvalue weighted by molar-refractivity contribution is 0.275. The van der Waals surface area contributed by atoms with E-state index in [1.165, 1.54) is 6.26 Å². The highest BCUT2D eigenvalue weighted by Crippen LogP contribution is 2.18. The third kappa shape index (κ3) is 6.80. The molecule has 0 aromatic carbocycles. The second-order valence-electron chi connectivity index (χ2n) is 6.22. The average molecular weight is 388 g/mol. The molecule has 1 aliphatic heterocycles. The van der Waals surface area contributed by atoms with Crippen molar-refractivity contribution in [3.05, 3.63) is 29.0 Å². The number of nitrogens with zero attached hydrogens (tertiary/aromatic N) is 3. The number of halogens is 1. The highest BCUT2D eigenvalue weighted by molar-refractivity contribution is 7.88. The van der Waals surface area contributed by atoms with Crippen molar-refractivity contribution in [3.8, 4) is 0 Å². The van der Waals surface area contributed by atoms with Gasteiger partial charge < -0.3 is 10.6 Å². The summed E-state index contributed by atoms with van der Waals surface area (Å²) in [5, 5.41) is 7.10. The molecular weight excluding hydrogens is 362 g/mol. The Morgan fingerprint density at radius 3 is 2.64 bits per heavy atom. The number of guanidine groups is 1. The van der Waals surface area contributed by atoms with Gasteiger partial charge in [0, 0.05) is 39.4 Å². The van der Waals surface area contributed by atoms with Gasteiger partial charge in [-0.15, -0.1) is 0 Å². The summed E-state index contributed by atoms with van der Waals surface area (Å²) < 4.78 is 24.6. The van der Waals surface area contributed by atoms with Crippen LogP contribution in [0.2, 0.25) is 5.15 Å². The standard InChI is InChI=1S/C16H26ClN5O2S/c1-18-16(19-8-5-13-3-4-15(17)20-11-13)21-12-14-6-9-22(10-7-14)25(2,23)24/h3-4,11,14H,5-10,12H2,1-2H3,(H2,18,19,21). The predicted molar refractivity (Wildman–Crippen MR) is 101 cm³/mol. The summed E-state index contributed by atoms with van der Waals surface area (Å²) in [6, 6.07) is 3.75. The third-order valence-electron chi connectivity index (χ3n) is 4.32. The van der Waals surface area contributed by atoms with Crippen molar-refractivity contribution < 1.29 is 8.42 Å². The molecule has 1 aliphatic rings. The van der Waals surface area contributed by atoms with Gasteiger partial charge in [0.25, 0.3) is 0 Å². The van der Waals surface area contributed by atoms with Crippen molar-refractivity contribution in [3.63, 3.8) is 0 Å². The maximum atomic E-state index is 11.5. The van der Waals surface area contributed by atoms with Gasteiger partial charge in [-0.25, -0.2) is 17.7 Å². The monoisotopic (exact) mass is 387 g/mol. The Hall–Kier alpha value is -1.38. The number of aromatic nitrogens is 1. The first kappa shape index (κ1) is 19.9. The zero-order valence-corrected chi connectivity index (χ0v) is 16.3. The highest BCUT2D eigenvalue weighted by atomic mass is 35.5. The maximum absolute atomic E-state index is 11.5. The van der Waals surface area contributed by atoms with Gasteiger partial charge in [0.05, 0.1) is 6.26 Å². The van der Waals surface area contributed by atoms with Crippen LogP contribution in [0.5, 0.6) is 0 Å². The Morgan fingerprint density at radius 1 is 1.36 bits per heavy atom. The van der Waals surface area contributed by atoms with Gasteiger partial charge in [-0.1, -0.05) is 17.7 Å². The average Bonchev–Trinajstić information content (AvgIpc) is 2.59. The van der Waals surface area contributed by atoms with E-state index in [1.54, 1.807) is 23.6 Å². The van der Waals surface area contributed by atoms with E-state index >= 15 is 0 Å². The van der Waals surface area contributed by atoms with Crippen molar-refractivity contribution in [1.29, 1.82) is 0 Å². The minimum Gasteiger partial charge on any atom is -0.356 e. The van der Waals surface area contributed by atoms with Gasteiger partial charge in [0.2, 0.25) is 10.0 Å².